The highest BCUT2D eigenvalue weighted by Gasteiger charge is 2.28. The van der Waals surface area contributed by atoms with E-state index in [9.17, 15) is 9.59 Å². The average molecular weight is 422 g/mol. The normalized spacial score (nSPS) is 19.6. The quantitative estimate of drug-likeness (QED) is 0.671. The van der Waals surface area contributed by atoms with Gasteiger partial charge in [-0.15, -0.1) is 21.5 Å². The van der Waals surface area contributed by atoms with Crippen molar-refractivity contribution < 1.29 is 9.59 Å². The molecule has 9 heteroatoms. The van der Waals surface area contributed by atoms with E-state index in [0.29, 0.717) is 6.42 Å². The molecule has 0 saturated heterocycles. The fourth-order valence-corrected chi connectivity index (χ4v) is 4.89. The molecule has 2 N–H and O–H groups in total. The second kappa shape index (κ2) is 9.56. The Morgan fingerprint density at radius 2 is 2.18 bits per heavy atom. The summed E-state index contributed by atoms with van der Waals surface area (Å²) < 4.78 is 1.91. The minimum atomic E-state index is -0.0272. The van der Waals surface area contributed by atoms with Crippen LogP contribution in [0.5, 0.6) is 0 Å². The Morgan fingerprint density at radius 1 is 1.36 bits per heavy atom. The molecular weight excluding hydrogens is 394 g/mol. The summed E-state index contributed by atoms with van der Waals surface area (Å²) in [5.74, 6) is 1.16. The van der Waals surface area contributed by atoms with Gasteiger partial charge in [-0.1, -0.05) is 24.2 Å². The SMILES string of the molecule is CC(C)NC(=O)C1CCCC(NC(=O)CSc2nnc(-c3cccs3)n2C)C1. The maximum Gasteiger partial charge on any atom is 0.230 e. The van der Waals surface area contributed by atoms with Crippen LogP contribution in [0.15, 0.2) is 22.7 Å². The number of amides is 2. The number of aromatic nitrogens is 3. The molecule has 1 aliphatic rings. The number of rotatable bonds is 7. The molecule has 1 saturated carbocycles. The molecule has 3 rings (SSSR count). The summed E-state index contributed by atoms with van der Waals surface area (Å²) in [7, 11) is 1.91. The number of carbonyl (C=O) groups excluding carboxylic acids is 2. The monoisotopic (exact) mass is 421 g/mol. The predicted octanol–water partition coefficient (Wildman–Crippen LogP) is 2.84. The van der Waals surface area contributed by atoms with Crippen molar-refractivity contribution in [3.63, 3.8) is 0 Å². The summed E-state index contributed by atoms with van der Waals surface area (Å²) in [4.78, 5) is 25.7. The van der Waals surface area contributed by atoms with E-state index in [0.717, 1.165) is 35.1 Å². The highest BCUT2D eigenvalue weighted by atomic mass is 32.2. The van der Waals surface area contributed by atoms with E-state index in [2.05, 4.69) is 20.8 Å². The molecule has 2 aromatic heterocycles. The minimum Gasteiger partial charge on any atom is -0.354 e. The van der Waals surface area contributed by atoms with Gasteiger partial charge in [-0.2, -0.15) is 0 Å². The summed E-state index contributed by atoms with van der Waals surface area (Å²) in [6.45, 7) is 3.93. The second-order valence-electron chi connectivity index (χ2n) is 7.42. The zero-order chi connectivity index (χ0) is 20.1. The Labute approximate surface area is 173 Å². The fourth-order valence-electron chi connectivity index (χ4n) is 3.42. The van der Waals surface area contributed by atoms with Gasteiger partial charge in [-0.3, -0.25) is 9.59 Å². The standard InChI is InChI=1S/C19H27N5O2S2/c1-12(2)20-18(26)13-6-4-7-14(10-13)21-16(25)11-28-19-23-22-17(24(19)3)15-8-5-9-27-15/h5,8-9,12-14H,4,6-7,10-11H2,1-3H3,(H,20,26)(H,21,25). The van der Waals surface area contributed by atoms with Crippen molar-refractivity contribution >= 4 is 34.9 Å². The van der Waals surface area contributed by atoms with Gasteiger partial charge in [0.25, 0.3) is 0 Å². The van der Waals surface area contributed by atoms with Gasteiger partial charge in [0.2, 0.25) is 11.8 Å². The van der Waals surface area contributed by atoms with Gasteiger partial charge in [-0.05, 0) is 44.6 Å². The van der Waals surface area contributed by atoms with E-state index in [1.54, 1.807) is 11.3 Å². The maximum absolute atomic E-state index is 12.4. The minimum absolute atomic E-state index is 0.0128. The summed E-state index contributed by atoms with van der Waals surface area (Å²) >= 11 is 2.99. The van der Waals surface area contributed by atoms with E-state index in [-0.39, 0.29) is 35.6 Å². The van der Waals surface area contributed by atoms with Gasteiger partial charge < -0.3 is 15.2 Å². The van der Waals surface area contributed by atoms with E-state index in [4.69, 9.17) is 0 Å². The smallest absolute Gasteiger partial charge is 0.230 e. The molecule has 0 radical (unpaired) electrons. The van der Waals surface area contributed by atoms with Crippen LogP contribution in [-0.2, 0) is 16.6 Å². The number of hydrogen-bond donors (Lipinski definition) is 2. The van der Waals surface area contributed by atoms with E-state index < -0.39 is 0 Å². The molecule has 2 amide bonds. The number of hydrogen-bond acceptors (Lipinski definition) is 6. The van der Waals surface area contributed by atoms with Gasteiger partial charge in [0, 0.05) is 25.0 Å². The van der Waals surface area contributed by atoms with Crippen LogP contribution in [-0.4, -0.2) is 44.4 Å². The lowest BCUT2D eigenvalue weighted by Crippen LogP contribution is -2.44. The van der Waals surface area contributed by atoms with Crippen LogP contribution >= 0.6 is 23.1 Å². The van der Waals surface area contributed by atoms with Gasteiger partial charge in [0.1, 0.15) is 0 Å². The third-order valence-corrected chi connectivity index (χ3v) is 6.64. The van der Waals surface area contributed by atoms with Crippen molar-refractivity contribution in [2.24, 2.45) is 13.0 Å². The second-order valence-corrected chi connectivity index (χ2v) is 9.31. The Bertz CT molecular complexity index is 803. The molecule has 2 heterocycles. The first kappa shape index (κ1) is 20.9. The number of nitrogens with zero attached hydrogens (tertiary/aromatic N) is 3. The molecule has 2 unspecified atom stereocenters. The summed E-state index contributed by atoms with van der Waals surface area (Å²) in [6.07, 6.45) is 3.49. The Balaban J connectivity index is 1.49. The summed E-state index contributed by atoms with van der Waals surface area (Å²) in [5, 5.41) is 17.2. The van der Waals surface area contributed by atoms with E-state index >= 15 is 0 Å². The molecule has 152 valence electrons. The third-order valence-electron chi connectivity index (χ3n) is 4.75. The van der Waals surface area contributed by atoms with Gasteiger partial charge >= 0.3 is 0 Å². The molecule has 0 aromatic carbocycles. The van der Waals surface area contributed by atoms with Gasteiger partial charge in [0.15, 0.2) is 11.0 Å². The van der Waals surface area contributed by atoms with Crippen LogP contribution in [0.3, 0.4) is 0 Å². The van der Waals surface area contributed by atoms with Gasteiger partial charge in [0.05, 0.1) is 10.6 Å². The largest absolute Gasteiger partial charge is 0.354 e. The van der Waals surface area contributed by atoms with E-state index in [1.807, 2.05) is 43.0 Å². The lowest BCUT2D eigenvalue weighted by Gasteiger charge is -2.29. The lowest BCUT2D eigenvalue weighted by molar-refractivity contribution is -0.127. The Hall–Kier alpha value is -1.87. The van der Waals surface area contributed by atoms with Crippen LogP contribution in [0, 0.1) is 5.92 Å². The first-order valence-electron chi connectivity index (χ1n) is 9.60. The van der Waals surface area contributed by atoms with Crippen LogP contribution in [0.4, 0.5) is 0 Å². The van der Waals surface area contributed by atoms with Crippen LogP contribution in [0.25, 0.3) is 10.7 Å². The molecule has 0 aliphatic heterocycles. The Kier molecular flexibility index (Phi) is 7.12. The number of thioether (sulfide) groups is 1. The fraction of sp³-hybridized carbons (Fsp3) is 0.579. The molecule has 0 spiro atoms. The van der Waals surface area contributed by atoms with Crippen molar-refractivity contribution in [1.82, 2.24) is 25.4 Å². The zero-order valence-electron chi connectivity index (χ0n) is 16.5. The molecule has 0 bridgehead atoms. The first-order valence-corrected chi connectivity index (χ1v) is 11.5. The van der Waals surface area contributed by atoms with Crippen molar-refractivity contribution in [2.75, 3.05) is 5.75 Å². The summed E-state index contributed by atoms with van der Waals surface area (Å²) in [5.41, 5.74) is 0. The maximum atomic E-state index is 12.4. The highest BCUT2D eigenvalue weighted by molar-refractivity contribution is 7.99. The van der Waals surface area contributed by atoms with Crippen LogP contribution < -0.4 is 10.6 Å². The predicted molar refractivity (Wildman–Crippen MR) is 112 cm³/mol. The van der Waals surface area contributed by atoms with E-state index in [1.165, 1.54) is 11.8 Å². The van der Waals surface area contributed by atoms with Crippen molar-refractivity contribution in [1.29, 1.82) is 0 Å². The van der Waals surface area contributed by atoms with Crippen molar-refractivity contribution in [2.45, 2.75) is 56.8 Å². The van der Waals surface area contributed by atoms with Crippen LogP contribution in [0.1, 0.15) is 39.5 Å². The highest BCUT2D eigenvalue weighted by Crippen LogP contribution is 2.27. The van der Waals surface area contributed by atoms with Crippen molar-refractivity contribution in [3.05, 3.63) is 17.5 Å². The topological polar surface area (TPSA) is 88.9 Å². The Morgan fingerprint density at radius 3 is 2.89 bits per heavy atom. The number of carbonyl (C=O) groups is 2. The number of thiophene rings is 1. The third kappa shape index (κ3) is 5.35. The summed E-state index contributed by atoms with van der Waals surface area (Å²) in [6, 6.07) is 4.19. The number of nitrogens with one attached hydrogen (secondary N) is 2. The zero-order valence-corrected chi connectivity index (χ0v) is 18.1. The average Bonchev–Trinajstić information content (AvgIpc) is 3.29. The lowest BCUT2D eigenvalue weighted by atomic mass is 9.85. The molecule has 7 nitrogen and oxygen atoms in total. The molecular formula is C19H27N5O2S2. The molecule has 1 aliphatic carbocycles. The molecule has 2 atom stereocenters. The molecule has 2 aromatic rings. The van der Waals surface area contributed by atoms with Crippen LogP contribution in [0.2, 0.25) is 0 Å². The molecule has 1 fully saturated rings. The van der Waals surface area contributed by atoms with Gasteiger partial charge in [-0.25, -0.2) is 0 Å². The van der Waals surface area contributed by atoms with Crippen molar-refractivity contribution in [3.8, 4) is 10.7 Å². The first-order chi connectivity index (χ1) is 13.4. The molecule has 28 heavy (non-hydrogen) atoms.